The van der Waals surface area contributed by atoms with E-state index in [0.29, 0.717) is 5.56 Å². The van der Waals surface area contributed by atoms with Gasteiger partial charge in [0.15, 0.2) is 0 Å². The van der Waals surface area contributed by atoms with Crippen molar-refractivity contribution >= 4 is 27.2 Å². The summed E-state index contributed by atoms with van der Waals surface area (Å²) in [5.74, 6) is -0.877. The summed E-state index contributed by atoms with van der Waals surface area (Å²) in [5, 5.41) is 6.88. The highest BCUT2D eigenvalue weighted by Gasteiger charge is 2.36. The Hall–Kier alpha value is -4.13. The summed E-state index contributed by atoms with van der Waals surface area (Å²) in [6.45, 7) is 5.71. The van der Waals surface area contributed by atoms with Gasteiger partial charge in [-0.15, -0.1) is 5.10 Å². The number of nitrogens with one attached hydrogen (secondary N) is 1. The molecule has 0 saturated carbocycles. The Kier molecular flexibility index (Phi) is 6.09. The van der Waals surface area contributed by atoms with E-state index in [1.54, 1.807) is 12.1 Å². The lowest BCUT2D eigenvalue weighted by molar-refractivity contribution is -0.141. The Balaban J connectivity index is 1.68. The van der Waals surface area contributed by atoms with Gasteiger partial charge in [0.1, 0.15) is 11.5 Å². The van der Waals surface area contributed by atoms with Crippen LogP contribution in [0.25, 0.3) is 11.5 Å². The average molecular weight is 560 g/mol. The molecule has 0 bridgehead atoms. The second kappa shape index (κ2) is 8.97. The third-order valence-electron chi connectivity index (χ3n) is 6.35. The first-order valence-electron chi connectivity index (χ1n) is 11.8. The standard InChI is InChI=1S/C26H24F3N5O4S/c1-25(2,3)17-7-9-18(10-8-17)39(36,37)34-14-16-6-12-21(26(27,28)29)31-22(16)30-19-11-5-15(13-20(19)34)23-32-33(4)24(35)38-23/h5-13H,14H2,1-4H3,(H,30,31). The zero-order chi connectivity index (χ0) is 28.3. The summed E-state index contributed by atoms with van der Waals surface area (Å²) in [4.78, 5) is 15.6. The molecule has 0 unspecified atom stereocenters. The molecule has 2 aromatic carbocycles. The maximum atomic E-state index is 14.0. The molecule has 13 heteroatoms. The van der Waals surface area contributed by atoms with Gasteiger partial charge in [-0.05, 0) is 47.4 Å². The SMILES string of the molecule is Cn1nc(-c2ccc3c(c2)N(S(=O)(=O)c2ccc(C(C)(C)C)cc2)Cc2ccc(C(F)(F)F)nc2N3)oc1=O. The van der Waals surface area contributed by atoms with E-state index in [0.717, 1.165) is 20.6 Å². The van der Waals surface area contributed by atoms with Gasteiger partial charge in [-0.25, -0.2) is 18.2 Å². The molecule has 0 fully saturated rings. The monoisotopic (exact) mass is 559 g/mol. The van der Waals surface area contributed by atoms with Crippen LogP contribution >= 0.6 is 0 Å². The third-order valence-corrected chi connectivity index (χ3v) is 8.12. The van der Waals surface area contributed by atoms with Crippen LogP contribution in [0, 0.1) is 0 Å². The summed E-state index contributed by atoms with van der Waals surface area (Å²) in [6.07, 6.45) is -4.69. The smallest absolute Gasteiger partial charge is 0.388 e. The fourth-order valence-electron chi connectivity index (χ4n) is 4.16. The molecule has 3 heterocycles. The van der Waals surface area contributed by atoms with E-state index in [1.807, 2.05) is 20.8 Å². The van der Waals surface area contributed by atoms with Gasteiger partial charge in [-0.1, -0.05) is 39.0 Å². The highest BCUT2D eigenvalue weighted by molar-refractivity contribution is 7.92. The van der Waals surface area contributed by atoms with Crippen molar-refractivity contribution in [2.75, 3.05) is 9.62 Å². The number of halogens is 3. The molecule has 5 rings (SSSR count). The molecule has 0 atom stereocenters. The van der Waals surface area contributed by atoms with Crippen LogP contribution in [0.4, 0.5) is 30.4 Å². The van der Waals surface area contributed by atoms with Crippen LogP contribution in [0.5, 0.6) is 0 Å². The van der Waals surface area contributed by atoms with Crippen molar-refractivity contribution in [2.24, 2.45) is 7.05 Å². The number of hydrogen-bond donors (Lipinski definition) is 1. The predicted molar refractivity (Wildman–Crippen MR) is 138 cm³/mol. The molecule has 0 radical (unpaired) electrons. The number of pyridine rings is 1. The average Bonchev–Trinajstić information content (AvgIpc) is 3.10. The summed E-state index contributed by atoms with van der Waals surface area (Å²) < 4.78 is 75.4. The Morgan fingerprint density at radius 1 is 1.00 bits per heavy atom. The number of aryl methyl sites for hydroxylation is 1. The molecule has 0 saturated heterocycles. The van der Waals surface area contributed by atoms with E-state index in [9.17, 15) is 26.4 Å². The van der Waals surface area contributed by atoms with Gasteiger partial charge < -0.3 is 9.73 Å². The van der Waals surface area contributed by atoms with Gasteiger partial charge in [0.05, 0.1) is 22.8 Å². The first kappa shape index (κ1) is 26.5. The number of hydrogen-bond acceptors (Lipinski definition) is 7. The van der Waals surface area contributed by atoms with Crippen LogP contribution in [-0.2, 0) is 35.2 Å². The number of alkyl halides is 3. The second-order valence-electron chi connectivity index (χ2n) is 10.1. The minimum absolute atomic E-state index is 0.000424. The third kappa shape index (κ3) is 4.89. The highest BCUT2D eigenvalue weighted by Crippen LogP contribution is 2.41. The molecule has 0 aliphatic carbocycles. The van der Waals surface area contributed by atoms with E-state index < -0.39 is 27.6 Å². The van der Waals surface area contributed by atoms with Crippen LogP contribution in [0.2, 0.25) is 0 Å². The van der Waals surface area contributed by atoms with Gasteiger partial charge in [-0.2, -0.15) is 17.9 Å². The number of aromatic nitrogens is 3. The van der Waals surface area contributed by atoms with Gasteiger partial charge in [0, 0.05) is 18.2 Å². The van der Waals surface area contributed by atoms with Crippen molar-refractivity contribution in [3.63, 3.8) is 0 Å². The Morgan fingerprint density at radius 3 is 2.28 bits per heavy atom. The van der Waals surface area contributed by atoms with Crippen molar-refractivity contribution in [3.05, 3.63) is 82.0 Å². The molecule has 1 N–H and O–H groups in total. The predicted octanol–water partition coefficient (Wildman–Crippen LogP) is 5.20. The molecule has 1 aliphatic rings. The number of benzene rings is 2. The van der Waals surface area contributed by atoms with E-state index in [4.69, 9.17) is 4.42 Å². The normalized spacial score (nSPS) is 13.9. The lowest BCUT2D eigenvalue weighted by Crippen LogP contribution is -2.30. The van der Waals surface area contributed by atoms with Gasteiger partial charge >= 0.3 is 11.9 Å². The molecule has 4 aromatic rings. The fraction of sp³-hybridized carbons (Fsp3) is 0.269. The van der Waals surface area contributed by atoms with Crippen LogP contribution in [0.1, 0.15) is 37.6 Å². The molecular formula is C26H24F3N5O4S. The highest BCUT2D eigenvalue weighted by atomic mass is 32.2. The Labute approximate surface area is 222 Å². The number of sulfonamides is 1. The van der Waals surface area contributed by atoms with Crippen molar-refractivity contribution < 1.29 is 26.0 Å². The van der Waals surface area contributed by atoms with Gasteiger partial charge in [0.2, 0.25) is 5.89 Å². The molecule has 0 spiro atoms. The summed E-state index contributed by atoms with van der Waals surface area (Å²) in [7, 11) is -2.82. The van der Waals surface area contributed by atoms with E-state index >= 15 is 0 Å². The summed E-state index contributed by atoms with van der Waals surface area (Å²) in [6, 6.07) is 12.9. The van der Waals surface area contributed by atoms with Crippen LogP contribution in [0.3, 0.4) is 0 Å². The maximum absolute atomic E-state index is 14.0. The fourth-order valence-corrected chi connectivity index (χ4v) is 5.61. The quantitative estimate of drug-likeness (QED) is 0.367. The molecule has 1 aliphatic heterocycles. The summed E-state index contributed by atoms with van der Waals surface area (Å²) in [5.41, 5.74) is 0.456. The van der Waals surface area contributed by atoms with Crippen LogP contribution < -0.4 is 15.4 Å². The van der Waals surface area contributed by atoms with Crippen molar-refractivity contribution in [1.29, 1.82) is 0 Å². The lowest BCUT2D eigenvalue weighted by atomic mass is 9.87. The maximum Gasteiger partial charge on any atom is 0.437 e. The minimum atomic E-state index is -4.69. The first-order valence-corrected chi connectivity index (χ1v) is 13.2. The number of fused-ring (bicyclic) bond motifs is 2. The molecule has 2 aromatic heterocycles. The number of rotatable bonds is 3. The zero-order valence-electron chi connectivity index (χ0n) is 21.4. The van der Waals surface area contributed by atoms with E-state index in [2.05, 4.69) is 15.4 Å². The van der Waals surface area contributed by atoms with Crippen LogP contribution in [0.15, 0.2) is 68.7 Å². The molecular weight excluding hydrogens is 535 g/mol. The Bertz CT molecular complexity index is 1740. The van der Waals surface area contributed by atoms with Gasteiger partial charge in [-0.3, -0.25) is 4.31 Å². The molecule has 39 heavy (non-hydrogen) atoms. The van der Waals surface area contributed by atoms with Crippen molar-refractivity contribution in [3.8, 4) is 11.5 Å². The topological polar surface area (TPSA) is 110 Å². The molecule has 0 amide bonds. The Morgan fingerprint density at radius 2 is 1.69 bits per heavy atom. The molecule has 9 nitrogen and oxygen atoms in total. The molecule has 204 valence electrons. The van der Waals surface area contributed by atoms with Crippen LogP contribution in [-0.4, -0.2) is 23.2 Å². The second-order valence-corrected chi connectivity index (χ2v) is 12.0. The number of anilines is 3. The lowest BCUT2D eigenvalue weighted by Gasteiger charge is -2.25. The number of nitrogens with zero attached hydrogens (tertiary/aromatic N) is 4. The first-order chi connectivity index (χ1) is 18.1. The zero-order valence-corrected chi connectivity index (χ0v) is 22.2. The van der Waals surface area contributed by atoms with E-state index in [1.165, 1.54) is 43.4 Å². The minimum Gasteiger partial charge on any atom is -0.388 e. The van der Waals surface area contributed by atoms with Crippen molar-refractivity contribution in [1.82, 2.24) is 14.8 Å². The van der Waals surface area contributed by atoms with Gasteiger partial charge in [0.25, 0.3) is 10.0 Å². The summed E-state index contributed by atoms with van der Waals surface area (Å²) >= 11 is 0. The van der Waals surface area contributed by atoms with E-state index in [-0.39, 0.29) is 45.5 Å². The van der Waals surface area contributed by atoms with Crippen molar-refractivity contribution in [2.45, 2.75) is 43.8 Å². The largest absolute Gasteiger partial charge is 0.437 e.